The summed E-state index contributed by atoms with van der Waals surface area (Å²) in [6, 6.07) is 12.5. The molecule has 2 aromatic rings. The molecule has 0 radical (unpaired) electrons. The summed E-state index contributed by atoms with van der Waals surface area (Å²) in [6.45, 7) is 0.910. The van der Waals surface area contributed by atoms with Crippen LogP contribution >= 0.6 is 0 Å². The number of hydrogen-bond donors (Lipinski definition) is 3. The first kappa shape index (κ1) is 16.3. The Balaban J connectivity index is 1.76. The molecule has 0 saturated carbocycles. The molecule has 0 aliphatic carbocycles. The highest BCUT2D eigenvalue weighted by Gasteiger charge is 2.11. The van der Waals surface area contributed by atoms with Crippen LogP contribution in [0.15, 0.2) is 48.5 Å². The van der Waals surface area contributed by atoms with E-state index in [0.717, 1.165) is 0 Å². The number of hydrogen-bond acceptors (Lipinski definition) is 5. The van der Waals surface area contributed by atoms with Gasteiger partial charge in [0.2, 0.25) is 0 Å². The van der Waals surface area contributed by atoms with Crippen LogP contribution in [-0.2, 0) is 0 Å². The second kappa shape index (κ2) is 7.79. The van der Waals surface area contributed by atoms with Gasteiger partial charge in [0.25, 0.3) is 11.6 Å². The van der Waals surface area contributed by atoms with E-state index in [9.17, 15) is 20.0 Å². The molecule has 0 aliphatic rings. The second-order valence-electron chi connectivity index (χ2n) is 4.86. The number of nitro benzene ring substituents is 1. The van der Waals surface area contributed by atoms with E-state index in [4.69, 9.17) is 0 Å². The Morgan fingerprint density at radius 3 is 2.65 bits per heavy atom. The number of benzene rings is 2. The average Bonchev–Trinajstić information content (AvgIpc) is 2.54. The Kier molecular flexibility index (Phi) is 5.51. The summed E-state index contributed by atoms with van der Waals surface area (Å²) in [4.78, 5) is 22.3. The zero-order valence-electron chi connectivity index (χ0n) is 12.4. The van der Waals surface area contributed by atoms with Crippen LogP contribution in [0, 0.1) is 10.1 Å². The van der Waals surface area contributed by atoms with E-state index < -0.39 is 4.92 Å². The van der Waals surface area contributed by atoms with E-state index in [2.05, 4.69) is 10.6 Å². The number of anilines is 1. The van der Waals surface area contributed by atoms with Crippen LogP contribution < -0.4 is 10.6 Å². The van der Waals surface area contributed by atoms with Gasteiger partial charge in [0.05, 0.1) is 4.92 Å². The maximum absolute atomic E-state index is 11.8. The molecule has 0 spiro atoms. The zero-order chi connectivity index (χ0) is 16.7. The van der Waals surface area contributed by atoms with Crippen LogP contribution in [0.25, 0.3) is 0 Å². The second-order valence-corrected chi connectivity index (χ2v) is 4.86. The average molecular weight is 315 g/mol. The minimum atomic E-state index is -0.439. The van der Waals surface area contributed by atoms with Crippen LogP contribution in [0.3, 0.4) is 0 Å². The third kappa shape index (κ3) is 4.70. The maximum atomic E-state index is 11.8. The van der Waals surface area contributed by atoms with Crippen molar-refractivity contribution in [2.45, 2.75) is 6.42 Å². The molecule has 3 N–H and O–H groups in total. The van der Waals surface area contributed by atoms with Gasteiger partial charge in [-0.15, -0.1) is 0 Å². The molecule has 120 valence electrons. The van der Waals surface area contributed by atoms with Crippen LogP contribution in [0.5, 0.6) is 5.75 Å². The number of carbonyl (C=O) groups is 1. The van der Waals surface area contributed by atoms with E-state index >= 15 is 0 Å². The van der Waals surface area contributed by atoms with Crippen molar-refractivity contribution in [2.75, 3.05) is 18.4 Å². The monoisotopic (exact) mass is 315 g/mol. The smallest absolute Gasteiger partial charge is 0.292 e. The third-order valence-electron chi connectivity index (χ3n) is 3.16. The standard InChI is InChI=1S/C16H17N3O4/c20-13-6-3-5-12(11-13)16(21)18-10-4-9-17-14-7-1-2-8-15(14)19(22)23/h1-3,5-8,11,17,20H,4,9-10H2,(H,18,21). The molecule has 0 unspecified atom stereocenters. The summed E-state index contributed by atoms with van der Waals surface area (Å²) in [5.41, 5.74) is 0.866. The van der Waals surface area contributed by atoms with Gasteiger partial charge in [0, 0.05) is 24.7 Å². The Labute approximate surface area is 133 Å². The number of aromatic hydroxyl groups is 1. The number of para-hydroxylation sites is 2. The number of phenolic OH excluding ortho intramolecular Hbond substituents is 1. The van der Waals surface area contributed by atoms with E-state index in [1.165, 1.54) is 18.2 Å². The van der Waals surface area contributed by atoms with E-state index in [1.807, 2.05) is 0 Å². The van der Waals surface area contributed by atoms with Crippen molar-refractivity contribution in [3.05, 3.63) is 64.2 Å². The fourth-order valence-electron chi connectivity index (χ4n) is 2.04. The summed E-state index contributed by atoms with van der Waals surface area (Å²) < 4.78 is 0. The topological polar surface area (TPSA) is 104 Å². The normalized spacial score (nSPS) is 10.1. The molecule has 0 aromatic heterocycles. The minimum absolute atomic E-state index is 0.0243. The van der Waals surface area contributed by atoms with Crippen molar-refractivity contribution >= 4 is 17.3 Å². The van der Waals surface area contributed by atoms with Gasteiger partial charge in [0.15, 0.2) is 0 Å². The summed E-state index contributed by atoms with van der Waals surface area (Å²) in [7, 11) is 0. The van der Waals surface area contributed by atoms with Crippen molar-refractivity contribution in [1.29, 1.82) is 0 Å². The summed E-state index contributed by atoms with van der Waals surface area (Å²) in [6.07, 6.45) is 0.608. The highest BCUT2D eigenvalue weighted by molar-refractivity contribution is 5.94. The molecule has 0 heterocycles. The summed E-state index contributed by atoms with van der Waals surface area (Å²) >= 11 is 0. The minimum Gasteiger partial charge on any atom is -0.508 e. The van der Waals surface area contributed by atoms with Crippen molar-refractivity contribution in [2.24, 2.45) is 0 Å². The number of rotatable bonds is 7. The number of nitro groups is 1. The van der Waals surface area contributed by atoms with Gasteiger partial charge in [-0.05, 0) is 30.7 Å². The van der Waals surface area contributed by atoms with E-state index in [-0.39, 0.29) is 17.3 Å². The molecular weight excluding hydrogens is 298 g/mol. The van der Waals surface area contributed by atoms with Crippen LogP contribution in [0.2, 0.25) is 0 Å². The number of nitrogens with zero attached hydrogens (tertiary/aromatic N) is 1. The highest BCUT2D eigenvalue weighted by Crippen LogP contribution is 2.22. The van der Waals surface area contributed by atoms with Crippen molar-refractivity contribution in [3.63, 3.8) is 0 Å². The van der Waals surface area contributed by atoms with E-state index in [1.54, 1.807) is 30.3 Å². The SMILES string of the molecule is O=C(NCCCNc1ccccc1[N+](=O)[O-])c1cccc(O)c1. The molecule has 0 saturated heterocycles. The lowest BCUT2D eigenvalue weighted by Gasteiger charge is -2.08. The molecule has 0 aliphatic heterocycles. The number of phenols is 1. The van der Waals surface area contributed by atoms with Gasteiger partial charge in [-0.25, -0.2) is 0 Å². The quantitative estimate of drug-likeness (QED) is 0.414. The van der Waals surface area contributed by atoms with Gasteiger partial charge in [-0.2, -0.15) is 0 Å². The first-order valence-corrected chi connectivity index (χ1v) is 7.12. The molecule has 2 rings (SSSR count). The number of amides is 1. The molecule has 0 bridgehead atoms. The van der Waals surface area contributed by atoms with Crippen LogP contribution in [0.1, 0.15) is 16.8 Å². The lowest BCUT2D eigenvalue weighted by molar-refractivity contribution is -0.384. The Morgan fingerprint density at radius 1 is 1.13 bits per heavy atom. The maximum Gasteiger partial charge on any atom is 0.292 e. The molecule has 0 atom stereocenters. The van der Waals surface area contributed by atoms with Gasteiger partial charge in [-0.3, -0.25) is 14.9 Å². The van der Waals surface area contributed by atoms with Crippen LogP contribution in [-0.4, -0.2) is 29.0 Å². The molecule has 23 heavy (non-hydrogen) atoms. The predicted molar refractivity (Wildman–Crippen MR) is 86.6 cm³/mol. The first-order valence-electron chi connectivity index (χ1n) is 7.12. The fourth-order valence-corrected chi connectivity index (χ4v) is 2.04. The third-order valence-corrected chi connectivity index (χ3v) is 3.16. The first-order chi connectivity index (χ1) is 11.1. The molecule has 2 aromatic carbocycles. The fraction of sp³-hybridized carbons (Fsp3) is 0.188. The Morgan fingerprint density at radius 2 is 1.91 bits per heavy atom. The lowest BCUT2D eigenvalue weighted by atomic mass is 10.2. The van der Waals surface area contributed by atoms with E-state index in [0.29, 0.717) is 30.8 Å². The highest BCUT2D eigenvalue weighted by atomic mass is 16.6. The Bertz CT molecular complexity index is 703. The number of carbonyl (C=O) groups excluding carboxylic acids is 1. The van der Waals surface area contributed by atoms with Crippen molar-refractivity contribution in [1.82, 2.24) is 5.32 Å². The lowest BCUT2D eigenvalue weighted by Crippen LogP contribution is -2.25. The molecule has 7 heteroatoms. The summed E-state index contributed by atoms with van der Waals surface area (Å²) in [5.74, 6) is -0.234. The Hall–Kier alpha value is -3.09. The summed E-state index contributed by atoms with van der Waals surface area (Å²) in [5, 5.41) is 25.9. The zero-order valence-corrected chi connectivity index (χ0v) is 12.4. The molecule has 7 nitrogen and oxygen atoms in total. The molecule has 1 amide bonds. The number of nitrogens with one attached hydrogen (secondary N) is 2. The molecular formula is C16H17N3O4. The van der Waals surface area contributed by atoms with Gasteiger partial charge in [-0.1, -0.05) is 18.2 Å². The van der Waals surface area contributed by atoms with Crippen molar-refractivity contribution in [3.8, 4) is 5.75 Å². The van der Waals surface area contributed by atoms with Crippen molar-refractivity contribution < 1.29 is 14.8 Å². The van der Waals surface area contributed by atoms with Gasteiger partial charge < -0.3 is 15.7 Å². The van der Waals surface area contributed by atoms with Gasteiger partial charge in [0.1, 0.15) is 11.4 Å². The van der Waals surface area contributed by atoms with Gasteiger partial charge >= 0.3 is 0 Å². The largest absolute Gasteiger partial charge is 0.508 e. The van der Waals surface area contributed by atoms with Crippen LogP contribution in [0.4, 0.5) is 11.4 Å². The predicted octanol–water partition coefficient (Wildman–Crippen LogP) is 2.53. The molecule has 0 fully saturated rings.